The van der Waals surface area contributed by atoms with Gasteiger partial charge in [0.05, 0.1) is 17.1 Å². The zero-order valence-corrected chi connectivity index (χ0v) is 10.8. The van der Waals surface area contributed by atoms with Crippen molar-refractivity contribution >= 4 is 17.0 Å². The number of carboxylic acids is 1. The van der Waals surface area contributed by atoms with Crippen LogP contribution in [0.5, 0.6) is 0 Å². The van der Waals surface area contributed by atoms with E-state index in [1.54, 1.807) is 29.2 Å². The van der Waals surface area contributed by atoms with Crippen molar-refractivity contribution in [3.8, 4) is 0 Å². The van der Waals surface area contributed by atoms with E-state index < -0.39 is 5.97 Å². The summed E-state index contributed by atoms with van der Waals surface area (Å²) >= 11 is 0. The molecule has 20 heavy (non-hydrogen) atoms. The topological polar surface area (TPSA) is 80.9 Å². The van der Waals surface area contributed by atoms with E-state index in [0.29, 0.717) is 11.0 Å². The van der Waals surface area contributed by atoms with Gasteiger partial charge >= 0.3 is 5.97 Å². The average Bonchev–Trinajstić information content (AvgIpc) is 2.90. The van der Waals surface area contributed by atoms with Crippen LogP contribution in [0.25, 0.3) is 11.0 Å². The van der Waals surface area contributed by atoms with Crippen molar-refractivity contribution in [3.05, 3.63) is 53.9 Å². The highest BCUT2D eigenvalue weighted by Gasteiger charge is 2.14. The van der Waals surface area contributed by atoms with E-state index in [9.17, 15) is 4.79 Å². The molecule has 0 bridgehead atoms. The summed E-state index contributed by atoms with van der Waals surface area (Å²) in [7, 11) is 0. The third kappa shape index (κ3) is 2.01. The fourth-order valence-electron chi connectivity index (χ4n) is 2.14. The number of hydrogen-bond acceptors (Lipinski definition) is 4. The van der Waals surface area contributed by atoms with Gasteiger partial charge in [0.25, 0.3) is 0 Å². The molecule has 0 aliphatic carbocycles. The van der Waals surface area contributed by atoms with Crippen molar-refractivity contribution in [2.24, 2.45) is 0 Å². The molecule has 3 rings (SSSR count). The Kier molecular flexibility index (Phi) is 2.90. The third-order valence-corrected chi connectivity index (χ3v) is 3.27. The van der Waals surface area contributed by atoms with Crippen molar-refractivity contribution in [1.29, 1.82) is 0 Å². The normalized spacial score (nSPS) is 12.4. The van der Waals surface area contributed by atoms with Crippen LogP contribution in [0.4, 0.5) is 0 Å². The van der Waals surface area contributed by atoms with Crippen LogP contribution in [-0.4, -0.2) is 31.1 Å². The minimum absolute atomic E-state index is 0.0490. The number of aromatic nitrogens is 4. The Morgan fingerprint density at radius 1 is 1.25 bits per heavy atom. The van der Waals surface area contributed by atoms with Crippen molar-refractivity contribution in [2.45, 2.75) is 13.0 Å². The quantitative estimate of drug-likeness (QED) is 0.787. The Morgan fingerprint density at radius 3 is 2.70 bits per heavy atom. The van der Waals surface area contributed by atoms with Gasteiger partial charge in [0.15, 0.2) is 0 Å². The molecular formula is C14H12N4O2. The van der Waals surface area contributed by atoms with Crippen LogP contribution >= 0.6 is 0 Å². The lowest BCUT2D eigenvalue weighted by molar-refractivity contribution is 0.0697. The summed E-state index contributed by atoms with van der Waals surface area (Å²) in [6, 6.07) is 8.54. The molecule has 3 aromatic rings. The Balaban J connectivity index is 2.12. The Hall–Kier alpha value is -2.76. The average molecular weight is 268 g/mol. The molecule has 0 saturated carbocycles. The number of carboxylic acid groups (broad SMARTS) is 1. The van der Waals surface area contributed by atoms with Gasteiger partial charge in [-0.25, -0.2) is 9.48 Å². The molecule has 2 heterocycles. The summed E-state index contributed by atoms with van der Waals surface area (Å²) in [4.78, 5) is 15.0. The standard InChI is InChI=1S/C14H12N4O2/c1-9(10-4-6-15-7-5-10)18-13-8-11(14(19)20)2-3-12(13)16-17-18/h2-9H,1H3,(H,19,20). The molecule has 0 radical (unpaired) electrons. The molecule has 1 atom stereocenters. The molecule has 6 nitrogen and oxygen atoms in total. The second-order valence-electron chi connectivity index (χ2n) is 4.50. The van der Waals surface area contributed by atoms with Crippen LogP contribution in [0.1, 0.15) is 28.9 Å². The zero-order valence-electron chi connectivity index (χ0n) is 10.8. The monoisotopic (exact) mass is 268 g/mol. The smallest absolute Gasteiger partial charge is 0.335 e. The van der Waals surface area contributed by atoms with Gasteiger partial charge in [-0.3, -0.25) is 4.98 Å². The predicted molar refractivity (Wildman–Crippen MR) is 72.5 cm³/mol. The van der Waals surface area contributed by atoms with Crippen LogP contribution < -0.4 is 0 Å². The minimum Gasteiger partial charge on any atom is -0.478 e. The van der Waals surface area contributed by atoms with E-state index in [4.69, 9.17) is 5.11 Å². The van der Waals surface area contributed by atoms with Crippen molar-refractivity contribution in [3.63, 3.8) is 0 Å². The number of rotatable bonds is 3. The number of aromatic carboxylic acids is 1. The minimum atomic E-state index is -0.962. The molecule has 0 fully saturated rings. The van der Waals surface area contributed by atoms with Crippen LogP contribution in [0, 0.1) is 0 Å². The molecule has 6 heteroatoms. The first-order valence-electron chi connectivity index (χ1n) is 6.15. The van der Waals surface area contributed by atoms with Gasteiger partial charge in [-0.2, -0.15) is 0 Å². The number of carbonyl (C=O) groups is 1. The number of hydrogen-bond donors (Lipinski definition) is 1. The van der Waals surface area contributed by atoms with Gasteiger partial charge in [-0.15, -0.1) is 5.10 Å². The van der Waals surface area contributed by atoms with Crippen molar-refractivity contribution in [2.75, 3.05) is 0 Å². The molecule has 0 aliphatic heterocycles. The highest BCUT2D eigenvalue weighted by molar-refractivity contribution is 5.92. The lowest BCUT2D eigenvalue weighted by Crippen LogP contribution is -2.09. The number of nitrogens with zero attached hydrogens (tertiary/aromatic N) is 4. The first-order chi connectivity index (χ1) is 9.66. The summed E-state index contributed by atoms with van der Waals surface area (Å²) in [6.07, 6.45) is 3.43. The fraction of sp³-hybridized carbons (Fsp3) is 0.143. The van der Waals surface area contributed by atoms with Gasteiger partial charge < -0.3 is 5.11 Å². The highest BCUT2D eigenvalue weighted by Crippen LogP contribution is 2.22. The molecule has 0 amide bonds. The SMILES string of the molecule is CC(c1ccncc1)n1nnc2ccc(C(=O)O)cc21. The lowest BCUT2D eigenvalue weighted by Gasteiger charge is -2.12. The molecule has 1 aromatic carbocycles. The summed E-state index contributed by atoms with van der Waals surface area (Å²) in [5.41, 5.74) is 2.64. The molecular weight excluding hydrogens is 256 g/mol. The van der Waals surface area contributed by atoms with Crippen LogP contribution in [0.3, 0.4) is 0 Å². The summed E-state index contributed by atoms with van der Waals surface area (Å²) in [5, 5.41) is 17.3. The number of pyridine rings is 1. The third-order valence-electron chi connectivity index (χ3n) is 3.27. The molecule has 100 valence electrons. The maximum atomic E-state index is 11.1. The van der Waals surface area contributed by atoms with Gasteiger partial charge in [-0.1, -0.05) is 5.21 Å². The summed E-state index contributed by atoms with van der Waals surface area (Å²) in [5.74, 6) is -0.962. The largest absolute Gasteiger partial charge is 0.478 e. The maximum Gasteiger partial charge on any atom is 0.335 e. The first-order valence-corrected chi connectivity index (χ1v) is 6.15. The summed E-state index contributed by atoms with van der Waals surface area (Å²) in [6.45, 7) is 1.98. The van der Waals surface area contributed by atoms with E-state index in [-0.39, 0.29) is 11.6 Å². The Bertz CT molecular complexity index is 767. The predicted octanol–water partition coefficient (Wildman–Crippen LogP) is 2.13. The van der Waals surface area contributed by atoms with E-state index in [1.165, 1.54) is 6.07 Å². The van der Waals surface area contributed by atoms with E-state index in [2.05, 4.69) is 15.3 Å². The van der Waals surface area contributed by atoms with Gasteiger partial charge in [0.2, 0.25) is 0 Å². The molecule has 0 aliphatic rings. The van der Waals surface area contributed by atoms with Crippen molar-refractivity contribution in [1.82, 2.24) is 20.0 Å². The Morgan fingerprint density at radius 2 is 2.00 bits per heavy atom. The van der Waals surface area contributed by atoms with Crippen LogP contribution in [-0.2, 0) is 0 Å². The number of fused-ring (bicyclic) bond motifs is 1. The van der Waals surface area contributed by atoms with Gasteiger partial charge in [-0.05, 0) is 42.8 Å². The molecule has 0 spiro atoms. The number of benzene rings is 1. The van der Waals surface area contributed by atoms with Crippen molar-refractivity contribution < 1.29 is 9.90 Å². The Labute approximate surface area is 114 Å². The molecule has 1 unspecified atom stereocenters. The van der Waals surface area contributed by atoms with Crippen LogP contribution in [0.2, 0.25) is 0 Å². The molecule has 1 N–H and O–H groups in total. The molecule has 2 aromatic heterocycles. The zero-order chi connectivity index (χ0) is 14.1. The lowest BCUT2D eigenvalue weighted by atomic mass is 10.1. The highest BCUT2D eigenvalue weighted by atomic mass is 16.4. The van der Waals surface area contributed by atoms with Gasteiger partial charge in [0, 0.05) is 12.4 Å². The van der Waals surface area contributed by atoms with E-state index in [1.807, 2.05) is 19.1 Å². The van der Waals surface area contributed by atoms with E-state index in [0.717, 1.165) is 5.56 Å². The fourth-order valence-corrected chi connectivity index (χ4v) is 2.14. The van der Waals surface area contributed by atoms with Crippen LogP contribution in [0.15, 0.2) is 42.7 Å². The summed E-state index contributed by atoms with van der Waals surface area (Å²) < 4.78 is 1.72. The molecule has 0 saturated heterocycles. The maximum absolute atomic E-state index is 11.1. The first kappa shape index (κ1) is 12.3. The van der Waals surface area contributed by atoms with E-state index >= 15 is 0 Å². The second-order valence-corrected chi connectivity index (χ2v) is 4.50. The van der Waals surface area contributed by atoms with Gasteiger partial charge in [0.1, 0.15) is 5.52 Å². The second kappa shape index (κ2) is 4.73.